The van der Waals surface area contributed by atoms with Crippen molar-refractivity contribution in [3.8, 4) is 11.5 Å². The molecule has 176 valence electrons. The van der Waals surface area contributed by atoms with Gasteiger partial charge in [-0.05, 0) is 43.9 Å². The minimum absolute atomic E-state index is 0. The molecule has 32 heavy (non-hydrogen) atoms. The molecule has 0 unspecified atom stereocenters. The third kappa shape index (κ3) is 7.44. The molecular formula is C24H36IN5O2. The van der Waals surface area contributed by atoms with Crippen molar-refractivity contribution < 1.29 is 9.47 Å². The molecule has 2 aromatic carbocycles. The minimum Gasteiger partial charge on any atom is -0.495 e. The van der Waals surface area contributed by atoms with E-state index in [1.807, 2.05) is 45.4 Å². The second-order valence-corrected chi connectivity index (χ2v) is 7.85. The Balaban J connectivity index is 0.00000363. The van der Waals surface area contributed by atoms with Crippen LogP contribution < -0.4 is 19.7 Å². The topological polar surface area (TPSA) is 52.6 Å². The lowest BCUT2D eigenvalue weighted by molar-refractivity contribution is 0.261. The number of rotatable bonds is 8. The summed E-state index contributed by atoms with van der Waals surface area (Å²) < 4.78 is 11.4. The molecule has 2 aromatic rings. The summed E-state index contributed by atoms with van der Waals surface area (Å²) >= 11 is 0. The van der Waals surface area contributed by atoms with Crippen molar-refractivity contribution >= 4 is 35.6 Å². The number of aliphatic imine (C=N–C) groups is 1. The van der Waals surface area contributed by atoms with Crippen molar-refractivity contribution in [2.45, 2.75) is 6.54 Å². The Morgan fingerprint density at radius 2 is 1.81 bits per heavy atom. The first kappa shape index (κ1) is 26.1. The summed E-state index contributed by atoms with van der Waals surface area (Å²) in [4.78, 5) is 11.3. The summed E-state index contributed by atoms with van der Waals surface area (Å²) in [7, 11) is 7.66. The van der Waals surface area contributed by atoms with Crippen LogP contribution in [-0.2, 0) is 6.54 Å². The molecule has 1 aliphatic heterocycles. The highest BCUT2D eigenvalue weighted by Crippen LogP contribution is 2.28. The van der Waals surface area contributed by atoms with E-state index in [-0.39, 0.29) is 24.0 Å². The zero-order chi connectivity index (χ0) is 22.1. The van der Waals surface area contributed by atoms with Gasteiger partial charge >= 0.3 is 0 Å². The van der Waals surface area contributed by atoms with Crippen molar-refractivity contribution in [1.29, 1.82) is 0 Å². The van der Waals surface area contributed by atoms with E-state index in [9.17, 15) is 0 Å². The number of ether oxygens (including phenoxy) is 2. The summed E-state index contributed by atoms with van der Waals surface area (Å²) in [6.07, 6.45) is 0. The van der Waals surface area contributed by atoms with E-state index in [1.165, 1.54) is 5.56 Å². The van der Waals surface area contributed by atoms with Crippen molar-refractivity contribution in [2.75, 3.05) is 72.5 Å². The number of likely N-dealkylation sites (N-methyl/N-ethyl adjacent to an activating group) is 1. The Hall–Kier alpha value is -2.20. The predicted molar refractivity (Wildman–Crippen MR) is 143 cm³/mol. The van der Waals surface area contributed by atoms with Crippen LogP contribution in [0.25, 0.3) is 0 Å². The van der Waals surface area contributed by atoms with E-state index in [2.05, 4.69) is 49.3 Å². The van der Waals surface area contributed by atoms with E-state index in [1.54, 1.807) is 7.11 Å². The van der Waals surface area contributed by atoms with Gasteiger partial charge < -0.3 is 29.5 Å². The van der Waals surface area contributed by atoms with Crippen LogP contribution in [0.4, 0.5) is 5.69 Å². The highest BCUT2D eigenvalue weighted by molar-refractivity contribution is 14.0. The standard InChI is InChI=1S/C24H35N5O2.HI/c1-25-24(26-19-20-8-7-9-21(18-20)31-17-16-27(2)3)29-14-12-28(13-15-29)22-10-5-6-11-23(22)30-4;/h5-11,18H,12-17,19H2,1-4H3,(H,25,26);1H. The predicted octanol–water partition coefficient (Wildman–Crippen LogP) is 3.15. The SMILES string of the molecule is CN=C(NCc1cccc(OCCN(C)C)c1)N1CCN(c2ccccc2OC)CC1.I. The van der Waals surface area contributed by atoms with E-state index in [4.69, 9.17) is 9.47 Å². The first-order valence-corrected chi connectivity index (χ1v) is 10.8. The Morgan fingerprint density at radius 1 is 1.06 bits per heavy atom. The molecule has 0 atom stereocenters. The fourth-order valence-corrected chi connectivity index (χ4v) is 3.65. The summed E-state index contributed by atoms with van der Waals surface area (Å²) in [6.45, 7) is 5.96. The molecule has 1 saturated heterocycles. The molecule has 7 nitrogen and oxygen atoms in total. The number of methoxy groups -OCH3 is 1. The number of nitrogens with one attached hydrogen (secondary N) is 1. The molecule has 0 saturated carbocycles. The lowest BCUT2D eigenvalue weighted by Crippen LogP contribution is -2.52. The van der Waals surface area contributed by atoms with Crippen LogP contribution in [0, 0.1) is 0 Å². The van der Waals surface area contributed by atoms with Gasteiger partial charge in [-0.2, -0.15) is 0 Å². The maximum atomic E-state index is 5.85. The number of piperazine rings is 1. The molecule has 0 radical (unpaired) electrons. The Bertz CT molecular complexity index is 854. The van der Waals surface area contributed by atoms with Gasteiger partial charge in [0.25, 0.3) is 0 Å². The van der Waals surface area contributed by atoms with Gasteiger partial charge in [0.15, 0.2) is 5.96 Å². The van der Waals surface area contributed by atoms with Crippen molar-refractivity contribution in [1.82, 2.24) is 15.1 Å². The van der Waals surface area contributed by atoms with Gasteiger partial charge in [0, 0.05) is 46.3 Å². The third-order valence-corrected chi connectivity index (χ3v) is 5.37. The smallest absolute Gasteiger partial charge is 0.194 e. The van der Waals surface area contributed by atoms with Crippen LogP contribution in [-0.4, -0.2) is 83.3 Å². The molecule has 8 heteroatoms. The first-order chi connectivity index (χ1) is 15.1. The average molecular weight is 553 g/mol. The summed E-state index contributed by atoms with van der Waals surface area (Å²) in [5, 5.41) is 3.50. The lowest BCUT2D eigenvalue weighted by Gasteiger charge is -2.38. The van der Waals surface area contributed by atoms with Gasteiger partial charge in [-0.3, -0.25) is 4.99 Å². The molecule has 1 aliphatic rings. The van der Waals surface area contributed by atoms with Crippen LogP contribution in [0.5, 0.6) is 11.5 Å². The highest BCUT2D eigenvalue weighted by Gasteiger charge is 2.21. The van der Waals surface area contributed by atoms with E-state index in [0.717, 1.165) is 55.9 Å². The number of nitrogens with zero attached hydrogens (tertiary/aromatic N) is 4. The minimum atomic E-state index is 0. The van der Waals surface area contributed by atoms with Gasteiger partial charge in [0.05, 0.1) is 12.8 Å². The van der Waals surface area contributed by atoms with Crippen LogP contribution in [0.2, 0.25) is 0 Å². The zero-order valence-electron chi connectivity index (χ0n) is 19.6. The van der Waals surface area contributed by atoms with Gasteiger partial charge in [0.1, 0.15) is 18.1 Å². The molecular weight excluding hydrogens is 517 g/mol. The molecule has 0 spiro atoms. The zero-order valence-corrected chi connectivity index (χ0v) is 21.9. The van der Waals surface area contributed by atoms with E-state index >= 15 is 0 Å². The molecule has 0 amide bonds. The van der Waals surface area contributed by atoms with Crippen LogP contribution in [0.3, 0.4) is 0 Å². The normalized spacial score (nSPS) is 14.2. The molecule has 1 heterocycles. The number of anilines is 1. The lowest BCUT2D eigenvalue weighted by atomic mass is 10.2. The summed E-state index contributed by atoms with van der Waals surface area (Å²) in [5.74, 6) is 2.76. The monoisotopic (exact) mass is 553 g/mol. The van der Waals surface area contributed by atoms with E-state index in [0.29, 0.717) is 13.2 Å². The summed E-state index contributed by atoms with van der Waals surface area (Å²) in [5.41, 5.74) is 2.33. The largest absolute Gasteiger partial charge is 0.495 e. The Morgan fingerprint density at radius 3 is 2.50 bits per heavy atom. The third-order valence-electron chi connectivity index (χ3n) is 5.37. The number of hydrogen-bond donors (Lipinski definition) is 1. The van der Waals surface area contributed by atoms with Gasteiger partial charge in [-0.25, -0.2) is 0 Å². The van der Waals surface area contributed by atoms with Gasteiger partial charge in [-0.1, -0.05) is 24.3 Å². The Labute approximate surface area is 209 Å². The number of guanidine groups is 1. The van der Waals surface area contributed by atoms with Crippen molar-refractivity contribution in [3.05, 3.63) is 54.1 Å². The fraction of sp³-hybridized carbons (Fsp3) is 0.458. The summed E-state index contributed by atoms with van der Waals surface area (Å²) in [6, 6.07) is 16.4. The Kier molecular flexibility index (Phi) is 10.9. The molecule has 3 rings (SSSR count). The molecule has 0 aromatic heterocycles. The van der Waals surface area contributed by atoms with Crippen LogP contribution >= 0.6 is 24.0 Å². The maximum absolute atomic E-state index is 5.85. The molecule has 1 N–H and O–H groups in total. The maximum Gasteiger partial charge on any atom is 0.194 e. The van der Waals surface area contributed by atoms with Crippen molar-refractivity contribution in [3.63, 3.8) is 0 Å². The van der Waals surface area contributed by atoms with Crippen LogP contribution in [0.15, 0.2) is 53.5 Å². The molecule has 1 fully saturated rings. The molecule has 0 aliphatic carbocycles. The fourth-order valence-electron chi connectivity index (χ4n) is 3.65. The quantitative estimate of drug-likeness (QED) is 0.308. The van der Waals surface area contributed by atoms with Crippen LogP contribution in [0.1, 0.15) is 5.56 Å². The van der Waals surface area contributed by atoms with E-state index < -0.39 is 0 Å². The second-order valence-electron chi connectivity index (χ2n) is 7.85. The number of halogens is 1. The van der Waals surface area contributed by atoms with Gasteiger partial charge in [-0.15, -0.1) is 24.0 Å². The second kappa shape index (κ2) is 13.4. The van der Waals surface area contributed by atoms with Crippen molar-refractivity contribution in [2.24, 2.45) is 4.99 Å². The first-order valence-electron chi connectivity index (χ1n) is 10.8. The number of para-hydroxylation sites is 2. The number of hydrogen-bond acceptors (Lipinski definition) is 5. The average Bonchev–Trinajstić information content (AvgIpc) is 2.80. The molecule has 0 bridgehead atoms. The van der Waals surface area contributed by atoms with Gasteiger partial charge in [0.2, 0.25) is 0 Å². The number of benzene rings is 2. The highest BCUT2D eigenvalue weighted by atomic mass is 127.